The molecule has 0 spiro atoms. The van der Waals surface area contributed by atoms with Crippen molar-refractivity contribution in [1.29, 1.82) is 0 Å². The van der Waals surface area contributed by atoms with Crippen molar-refractivity contribution in [3.63, 3.8) is 0 Å². The Morgan fingerprint density at radius 2 is 2.04 bits per heavy atom. The number of fused-ring (bicyclic) bond motifs is 1. The fourth-order valence-electron chi connectivity index (χ4n) is 3.25. The minimum Gasteiger partial charge on any atom is -0.469 e. The first-order valence-corrected chi connectivity index (χ1v) is 8.20. The van der Waals surface area contributed by atoms with Crippen LogP contribution >= 0.6 is 0 Å². The van der Waals surface area contributed by atoms with Gasteiger partial charge in [-0.2, -0.15) is 0 Å². The molecule has 0 amide bonds. The molecule has 0 unspecified atom stereocenters. The van der Waals surface area contributed by atoms with Crippen LogP contribution in [0.2, 0.25) is 0 Å². The molecule has 0 saturated carbocycles. The summed E-state index contributed by atoms with van der Waals surface area (Å²) < 4.78 is 12.9. The molecule has 24 heavy (non-hydrogen) atoms. The molecule has 1 aromatic carbocycles. The molecule has 0 fully saturated rings. The average molecular weight is 329 g/mol. The first-order valence-electron chi connectivity index (χ1n) is 8.20. The molecule has 1 aromatic heterocycles. The Balaban J connectivity index is 1.99. The molecule has 6 heteroatoms. The Kier molecular flexibility index (Phi) is 4.66. The summed E-state index contributed by atoms with van der Waals surface area (Å²) >= 11 is 0. The lowest BCUT2D eigenvalue weighted by atomic mass is 9.92. The topological polar surface area (TPSA) is 66.2 Å². The number of hydrogen-bond donors (Lipinski definition) is 0. The monoisotopic (exact) mass is 329 g/mol. The highest BCUT2D eigenvalue weighted by molar-refractivity contribution is 5.72. The summed E-state index contributed by atoms with van der Waals surface area (Å²) in [6.45, 7) is 6.82. The van der Waals surface area contributed by atoms with Crippen LogP contribution in [0.15, 0.2) is 24.3 Å². The molecule has 0 radical (unpaired) electrons. The number of benzene rings is 1. The second-order valence-electron chi connectivity index (χ2n) is 6.42. The van der Waals surface area contributed by atoms with Crippen LogP contribution in [-0.2, 0) is 27.2 Å². The summed E-state index contributed by atoms with van der Waals surface area (Å²) in [7, 11) is 1.38. The van der Waals surface area contributed by atoms with Crippen molar-refractivity contribution in [2.75, 3.05) is 7.11 Å². The van der Waals surface area contributed by atoms with E-state index in [9.17, 15) is 4.79 Å². The quantitative estimate of drug-likeness (QED) is 0.810. The van der Waals surface area contributed by atoms with E-state index in [0.717, 1.165) is 11.3 Å². The molecule has 1 aliphatic rings. The lowest BCUT2D eigenvalue weighted by Gasteiger charge is -2.24. The molecule has 0 aliphatic carbocycles. The molecule has 0 N–H and O–H groups in total. The smallest absolute Gasteiger partial charge is 0.311 e. The third-order valence-corrected chi connectivity index (χ3v) is 4.49. The predicted molar refractivity (Wildman–Crippen MR) is 88.6 cm³/mol. The first kappa shape index (κ1) is 16.6. The van der Waals surface area contributed by atoms with E-state index >= 15 is 0 Å². The molecule has 0 bridgehead atoms. The van der Waals surface area contributed by atoms with E-state index in [2.05, 4.69) is 48.4 Å². The number of esters is 1. The number of carbonyl (C=O) groups is 1. The third kappa shape index (κ3) is 3.19. The summed E-state index contributed by atoms with van der Waals surface area (Å²) in [5.74, 6) is -0.275. The van der Waals surface area contributed by atoms with Gasteiger partial charge in [-0.3, -0.25) is 4.79 Å². The molecule has 6 nitrogen and oxygen atoms in total. The van der Waals surface area contributed by atoms with Crippen molar-refractivity contribution >= 4 is 5.97 Å². The van der Waals surface area contributed by atoms with Gasteiger partial charge in [0.15, 0.2) is 0 Å². The highest BCUT2D eigenvalue weighted by atomic mass is 16.5. The van der Waals surface area contributed by atoms with E-state index < -0.39 is 0 Å². The molecule has 2 heterocycles. The van der Waals surface area contributed by atoms with Crippen molar-refractivity contribution in [1.82, 2.24) is 15.0 Å². The summed E-state index contributed by atoms with van der Waals surface area (Å²) in [4.78, 5) is 11.7. The van der Waals surface area contributed by atoms with E-state index in [0.29, 0.717) is 12.2 Å². The van der Waals surface area contributed by atoms with Gasteiger partial charge in [0.1, 0.15) is 0 Å². The molecular formula is C18H23N3O3. The average Bonchev–Trinajstić information content (AvgIpc) is 2.89. The van der Waals surface area contributed by atoms with Crippen molar-refractivity contribution < 1.29 is 14.3 Å². The zero-order valence-corrected chi connectivity index (χ0v) is 14.5. The Morgan fingerprint density at radius 1 is 1.33 bits per heavy atom. The van der Waals surface area contributed by atoms with Crippen LogP contribution in [0.25, 0.3) is 0 Å². The number of rotatable bonds is 3. The second kappa shape index (κ2) is 6.73. The van der Waals surface area contributed by atoms with Crippen molar-refractivity contribution in [3.8, 4) is 0 Å². The van der Waals surface area contributed by atoms with E-state index in [4.69, 9.17) is 9.47 Å². The number of ether oxygens (including phenoxy) is 2. The van der Waals surface area contributed by atoms with Gasteiger partial charge in [-0.15, -0.1) is 5.10 Å². The van der Waals surface area contributed by atoms with Crippen LogP contribution < -0.4 is 0 Å². The molecule has 3 atom stereocenters. The normalized spacial score (nSPS) is 23.4. The van der Waals surface area contributed by atoms with Gasteiger partial charge in [0.25, 0.3) is 0 Å². The highest BCUT2D eigenvalue weighted by Crippen LogP contribution is 2.38. The Hall–Kier alpha value is -2.21. The third-order valence-electron chi connectivity index (χ3n) is 4.49. The Labute approximate surface area is 141 Å². The molecule has 2 aromatic rings. The fraction of sp³-hybridized carbons (Fsp3) is 0.500. The van der Waals surface area contributed by atoms with Crippen LogP contribution in [-0.4, -0.2) is 34.2 Å². The SMILES string of the molecule is COC(=O)Cc1nnn2c1[C@@H](C)[C@@H](c1ccc(C)cc1)O[C@@H](C)C2. The van der Waals surface area contributed by atoms with E-state index in [1.54, 1.807) is 0 Å². The number of aromatic nitrogens is 3. The first-order chi connectivity index (χ1) is 11.5. The summed E-state index contributed by atoms with van der Waals surface area (Å²) in [6.07, 6.45) is 0.0370. The maximum atomic E-state index is 11.7. The number of aryl methyl sites for hydroxylation is 1. The summed E-state index contributed by atoms with van der Waals surface area (Å²) in [5, 5.41) is 8.44. The molecule has 0 saturated heterocycles. The molecule has 1 aliphatic heterocycles. The van der Waals surface area contributed by atoms with Gasteiger partial charge < -0.3 is 9.47 Å². The summed E-state index contributed by atoms with van der Waals surface area (Å²) in [5.41, 5.74) is 3.96. The predicted octanol–water partition coefficient (Wildman–Crippen LogP) is 2.57. The van der Waals surface area contributed by atoms with Gasteiger partial charge >= 0.3 is 5.97 Å². The van der Waals surface area contributed by atoms with Crippen molar-refractivity contribution in [2.24, 2.45) is 0 Å². The van der Waals surface area contributed by atoms with Crippen LogP contribution in [0.4, 0.5) is 0 Å². The zero-order valence-electron chi connectivity index (χ0n) is 14.5. The highest BCUT2D eigenvalue weighted by Gasteiger charge is 2.33. The minimum atomic E-state index is -0.310. The number of methoxy groups -OCH3 is 1. The molecule has 3 rings (SSSR count). The lowest BCUT2D eigenvalue weighted by molar-refractivity contribution is -0.139. The van der Waals surface area contributed by atoms with Gasteiger partial charge in [0, 0.05) is 5.92 Å². The maximum absolute atomic E-state index is 11.7. The van der Waals surface area contributed by atoms with Gasteiger partial charge in [0.2, 0.25) is 0 Å². The minimum absolute atomic E-state index is 0.00711. The molecule has 128 valence electrons. The Bertz CT molecular complexity index is 724. The zero-order chi connectivity index (χ0) is 17.3. The van der Waals surface area contributed by atoms with Crippen LogP contribution in [0.5, 0.6) is 0 Å². The van der Waals surface area contributed by atoms with Gasteiger partial charge in [-0.1, -0.05) is 42.0 Å². The Morgan fingerprint density at radius 3 is 2.71 bits per heavy atom. The van der Waals surface area contributed by atoms with E-state index in [-0.39, 0.29) is 30.5 Å². The maximum Gasteiger partial charge on any atom is 0.311 e. The van der Waals surface area contributed by atoms with Crippen molar-refractivity contribution in [3.05, 3.63) is 46.8 Å². The summed E-state index contributed by atoms with van der Waals surface area (Å²) in [6, 6.07) is 8.38. The van der Waals surface area contributed by atoms with Crippen LogP contribution in [0, 0.1) is 6.92 Å². The number of carbonyl (C=O) groups excluding carboxylic acids is 1. The van der Waals surface area contributed by atoms with Crippen LogP contribution in [0.1, 0.15) is 48.4 Å². The number of hydrogen-bond acceptors (Lipinski definition) is 5. The van der Waals surface area contributed by atoms with E-state index in [1.807, 2.05) is 11.6 Å². The van der Waals surface area contributed by atoms with Crippen molar-refractivity contribution in [2.45, 2.75) is 51.9 Å². The largest absolute Gasteiger partial charge is 0.469 e. The van der Waals surface area contributed by atoms with Crippen LogP contribution in [0.3, 0.4) is 0 Å². The number of nitrogens with zero attached hydrogens (tertiary/aromatic N) is 3. The van der Waals surface area contributed by atoms with Gasteiger partial charge in [0.05, 0.1) is 43.7 Å². The molecular weight excluding hydrogens is 306 g/mol. The second-order valence-corrected chi connectivity index (χ2v) is 6.42. The standard InChI is InChI=1S/C18H23N3O3/c1-11-5-7-14(8-6-11)18-13(3)17-15(9-16(22)23-4)19-20-21(17)10-12(2)24-18/h5-8,12-13,18H,9-10H2,1-4H3/t12-,13+,18-/m0/s1. The lowest BCUT2D eigenvalue weighted by Crippen LogP contribution is -2.17. The van der Waals surface area contributed by atoms with Gasteiger partial charge in [-0.25, -0.2) is 4.68 Å². The fourth-order valence-corrected chi connectivity index (χ4v) is 3.25. The van der Waals surface area contributed by atoms with E-state index in [1.165, 1.54) is 12.7 Å². The van der Waals surface area contributed by atoms with Gasteiger partial charge in [-0.05, 0) is 19.4 Å².